The van der Waals surface area contributed by atoms with Crippen LogP contribution in [0.2, 0.25) is 14.4 Å². The maximum atomic E-state index is 13.2. The molecule has 0 atom stereocenters. The molecule has 0 fully saturated rings. The number of nitro groups is 1. The number of hydrogen-bond donors (Lipinski definition) is 6. The molecule has 0 aliphatic rings. The Labute approximate surface area is 795 Å². The molecule has 0 saturated heterocycles. The zero-order chi connectivity index (χ0) is 96.6. The third-order valence-electron chi connectivity index (χ3n) is 19.5. The number of aromatic nitrogens is 6. The van der Waals surface area contributed by atoms with Crippen LogP contribution in [0.4, 0.5) is 57.4 Å². The minimum absolute atomic E-state index is 0.0592. The number of nitrogens with one attached hydrogen (secondary N) is 6. The molecule has 0 aliphatic heterocycles. The fourth-order valence-corrected chi connectivity index (χ4v) is 21.7. The highest BCUT2D eigenvalue weighted by Crippen LogP contribution is 2.38. The number of hydrogen-bond acceptors (Lipinski definition) is 21. The van der Waals surface area contributed by atoms with E-state index >= 15 is 0 Å². The van der Waals surface area contributed by atoms with Gasteiger partial charge in [0.2, 0.25) is 0 Å². The first-order valence-electron chi connectivity index (χ1n) is 39.7. The van der Waals surface area contributed by atoms with E-state index in [-0.39, 0.29) is 49.5 Å². The van der Waals surface area contributed by atoms with E-state index in [1.165, 1.54) is 30.5 Å². The van der Waals surface area contributed by atoms with Crippen molar-refractivity contribution in [2.75, 3.05) is 28.3 Å². The molecule has 0 amide bonds. The predicted molar refractivity (Wildman–Crippen MR) is 524 cm³/mol. The Morgan fingerprint density at radius 2 is 0.559 bits per heavy atom. The molecule has 688 valence electrons. The summed E-state index contributed by atoms with van der Waals surface area (Å²) in [6, 6.07) is 90.8. The Kier molecular flexibility index (Phi) is 30.2. The summed E-state index contributed by atoms with van der Waals surface area (Å²) in [6.45, 7) is 0. The van der Waals surface area contributed by atoms with Crippen molar-refractivity contribution < 1.29 is 73.0 Å². The Balaban J connectivity index is 0.000000131. The second-order valence-corrected chi connectivity index (χ2v) is 41.5. The van der Waals surface area contributed by atoms with Gasteiger partial charge in [-0.05, 0) is 163 Å². The van der Waals surface area contributed by atoms with Crippen molar-refractivity contribution in [2.24, 2.45) is 0 Å². The number of alkyl halides is 3. The molecule has 19 rings (SSSR count). The van der Waals surface area contributed by atoms with Gasteiger partial charge < -0.3 is 0 Å². The topological polar surface area (TPSA) is 397 Å². The Bertz CT molecular complexity index is 8360. The Morgan fingerprint density at radius 3 is 0.875 bits per heavy atom. The largest absolute Gasteiger partial charge is 0.416 e. The van der Waals surface area contributed by atoms with Crippen LogP contribution in [0.5, 0.6) is 0 Å². The van der Waals surface area contributed by atoms with Crippen LogP contribution in [0.3, 0.4) is 0 Å². The van der Waals surface area contributed by atoms with Gasteiger partial charge in [0.05, 0.1) is 112 Å². The maximum Gasteiger partial charge on any atom is 0.416 e. The molecule has 12 aromatic carbocycles. The van der Waals surface area contributed by atoms with E-state index in [0.29, 0.717) is 73.0 Å². The van der Waals surface area contributed by atoms with Crippen LogP contribution in [0, 0.1) is 15.9 Å². The average Bonchev–Trinajstić information content (AvgIpc) is 1.63. The lowest BCUT2D eigenvalue weighted by Crippen LogP contribution is -2.15. The number of nitrogens with zero attached hydrogens (tertiary/aromatic N) is 7. The van der Waals surface area contributed by atoms with E-state index < -0.39 is 87.5 Å². The van der Waals surface area contributed by atoms with Crippen LogP contribution < -0.4 is 28.3 Å². The number of pyridine rings is 6. The smallest absolute Gasteiger partial charge is 0.277 e. The molecule has 0 aliphatic carbocycles. The fraction of sp³-hybridized carbons (Fsp3) is 0.0105. The monoisotopic (exact) mass is 2020 g/mol. The van der Waals surface area contributed by atoms with Crippen LogP contribution in [-0.2, 0) is 66.3 Å². The first-order valence-corrected chi connectivity index (χ1v) is 50.6. The SMILES string of the molecule is O=S(=O)(Nc1cccc2cccnc12)c1cc(Cl)c(Cl)s1.O=S(=O)(Nc1cccc2cccnc12)c1ccc(-c2ccccc2)cc1.O=S(=O)(Nc1cccc2cccnc12)c1ccc(F)c(Cl)c1.O=S(=O)(Nc1cccc2cccnc12)c1cccc(C(F)(F)F)c1.O=S(=O)(Nc1cccc2cccnc12)c1ccccc1.O=[N+]([O-])c1ccc(S(=O)(=O)Nc2cccc3cccnc23)cc1. The lowest BCUT2D eigenvalue weighted by Gasteiger charge is -2.12. The summed E-state index contributed by atoms with van der Waals surface area (Å²) in [5, 5.41) is 15.5. The highest BCUT2D eigenvalue weighted by Gasteiger charge is 2.32. The number of halogens is 7. The fourth-order valence-electron chi connectivity index (χ4n) is 13.1. The minimum atomic E-state index is -4.62. The van der Waals surface area contributed by atoms with Gasteiger partial charge in [-0.25, -0.2) is 54.9 Å². The van der Waals surface area contributed by atoms with Gasteiger partial charge in [-0.2, -0.15) is 13.2 Å². The molecule has 0 radical (unpaired) electrons. The normalized spacial score (nSPS) is 11.6. The lowest BCUT2D eigenvalue weighted by atomic mass is 10.1. The number of anilines is 6. The second-order valence-electron chi connectivity index (χ2n) is 28.7. The van der Waals surface area contributed by atoms with Crippen LogP contribution in [0.1, 0.15) is 5.56 Å². The van der Waals surface area contributed by atoms with Crippen LogP contribution in [0.25, 0.3) is 76.5 Å². The second kappa shape index (κ2) is 42.2. The quantitative estimate of drug-likeness (QED) is 0.0234. The standard InChI is InChI=1S/C21H16N2O2S.C16H11F3N2O2S.C15H10ClFN2O2S.C15H11N3O4S.C15H12N2O2S.C13H8Cl2N2O2S2/c24-26(25,23-20-10-4-8-18-9-5-15-22-21(18)20)19-13-11-17(12-14-19)16-6-2-1-3-7-16;17-16(18,19)12-6-2-7-13(10-12)24(22,23)21-14-8-1-4-11-5-3-9-20-15(11)14;16-12-9-11(6-7-13(12)17)22(20,21)19-14-5-1-3-10-4-2-8-18-15(10)14;19-18(20)12-6-8-13(9-7-12)23(21,22)17-14-5-1-3-11-4-2-10-16-15(11)14;18-20(19,13-8-2-1-3-9-13)17-14-10-4-6-12-7-5-11-16-15(12)14;14-9-7-11(20-13(9)15)21(18,19)17-10-5-1-3-8-4-2-6-16-12(8)10/h1-15,23H;1-10,21H;1-9,19H;1-10,17H;1-11,17H;1-7,17H. The van der Waals surface area contributed by atoms with E-state index in [9.17, 15) is 78.2 Å². The summed E-state index contributed by atoms with van der Waals surface area (Å²) in [5.74, 6) is -0.674. The van der Waals surface area contributed by atoms with Crippen molar-refractivity contribution in [3.8, 4) is 11.1 Å². The van der Waals surface area contributed by atoms with E-state index in [0.717, 1.165) is 97.9 Å². The third kappa shape index (κ3) is 24.3. The molecular formula is C95H68Cl3F4N13O14S7. The van der Waals surface area contributed by atoms with Crippen LogP contribution in [0.15, 0.2) is 406 Å². The number of non-ortho nitro benzene ring substituents is 1. The average molecular weight is 2020 g/mol. The number of nitro benzene ring substituents is 1. The highest BCUT2D eigenvalue weighted by atomic mass is 35.5. The molecule has 0 bridgehead atoms. The molecule has 41 heteroatoms. The highest BCUT2D eigenvalue weighted by molar-refractivity contribution is 7.95. The molecule has 0 saturated carbocycles. The molecule has 7 heterocycles. The number of rotatable bonds is 20. The molecule has 136 heavy (non-hydrogen) atoms. The summed E-state index contributed by atoms with van der Waals surface area (Å²) in [6.07, 6.45) is 4.94. The molecular weight excluding hydrogens is 1950 g/mol. The van der Waals surface area contributed by atoms with Gasteiger partial charge in [0.25, 0.3) is 65.8 Å². The molecule has 0 spiro atoms. The van der Waals surface area contributed by atoms with Crippen LogP contribution >= 0.6 is 46.1 Å². The maximum absolute atomic E-state index is 13.2. The number of para-hydroxylation sites is 6. The van der Waals surface area contributed by atoms with E-state index in [4.69, 9.17) is 34.8 Å². The number of sulfonamides is 6. The molecule has 0 unspecified atom stereocenters. The van der Waals surface area contributed by atoms with E-state index in [2.05, 4.69) is 58.2 Å². The summed E-state index contributed by atoms with van der Waals surface area (Å²) in [4.78, 5) is 35.0. The number of fused-ring (bicyclic) bond motifs is 6. The van der Waals surface area contributed by atoms with Crippen molar-refractivity contribution in [1.82, 2.24) is 29.9 Å². The van der Waals surface area contributed by atoms with Gasteiger partial charge in [0.1, 0.15) is 14.4 Å². The Morgan fingerprint density at radius 1 is 0.287 bits per heavy atom. The first-order chi connectivity index (χ1) is 65.0. The van der Waals surface area contributed by atoms with Gasteiger partial charge >= 0.3 is 6.18 Å². The van der Waals surface area contributed by atoms with Gasteiger partial charge in [-0.3, -0.25) is 68.4 Å². The minimum Gasteiger partial charge on any atom is -0.277 e. The van der Waals surface area contributed by atoms with Crippen molar-refractivity contribution >= 4 is 212 Å². The number of thiophene rings is 1. The molecule has 6 N–H and O–H groups in total. The van der Waals surface area contributed by atoms with Crippen molar-refractivity contribution in [3.63, 3.8) is 0 Å². The predicted octanol–water partition coefficient (Wildman–Crippen LogP) is 23.0. The van der Waals surface area contributed by atoms with E-state index in [1.54, 1.807) is 177 Å². The summed E-state index contributed by atoms with van der Waals surface area (Å²) in [7, 11) is -23.0. The van der Waals surface area contributed by atoms with Crippen LogP contribution in [-0.4, -0.2) is 85.3 Å². The van der Waals surface area contributed by atoms with Crippen molar-refractivity contribution in [2.45, 2.75) is 34.9 Å². The summed E-state index contributed by atoms with van der Waals surface area (Å²) in [5.41, 5.74) is 6.38. The van der Waals surface area contributed by atoms with Gasteiger partial charge in [0, 0.05) is 81.6 Å². The van der Waals surface area contributed by atoms with Gasteiger partial charge in [0.15, 0.2) is 0 Å². The van der Waals surface area contributed by atoms with Crippen molar-refractivity contribution in [1.29, 1.82) is 0 Å². The first kappa shape index (κ1) is 97.3. The lowest BCUT2D eigenvalue weighted by molar-refractivity contribution is -0.384. The van der Waals surface area contributed by atoms with E-state index in [1.807, 2.05) is 115 Å². The molecule has 27 nitrogen and oxygen atoms in total. The third-order valence-corrected chi connectivity index (χ3v) is 30.4. The molecule has 19 aromatic rings. The summed E-state index contributed by atoms with van der Waals surface area (Å²) >= 11 is 18.2. The zero-order valence-corrected chi connectivity index (χ0v) is 77.6. The Hall–Kier alpha value is -14.7. The van der Waals surface area contributed by atoms with Gasteiger partial charge in [-0.1, -0.05) is 211 Å². The molecule has 7 aromatic heterocycles. The van der Waals surface area contributed by atoms with Crippen molar-refractivity contribution in [3.05, 3.63) is 413 Å². The summed E-state index contributed by atoms with van der Waals surface area (Å²) < 4.78 is 216. The van der Waals surface area contributed by atoms with Gasteiger partial charge in [-0.15, -0.1) is 11.3 Å². The number of benzene rings is 12. The zero-order valence-electron chi connectivity index (χ0n) is 69.6.